The SMILES string of the molecule is CCCN(CCC(=O)Nc1ccc(C#N)c(Cl)c1)C(C)C(=O)Nc1ccccc1. The number of rotatable bonds is 9. The molecule has 2 rings (SSSR count). The summed E-state index contributed by atoms with van der Waals surface area (Å²) in [5.41, 5.74) is 1.64. The molecule has 152 valence electrons. The normalized spacial score (nSPS) is 11.6. The number of nitrogens with zero attached hydrogens (tertiary/aromatic N) is 2. The molecule has 0 spiro atoms. The lowest BCUT2D eigenvalue weighted by atomic mass is 10.2. The number of carbonyl (C=O) groups excluding carboxylic acids is 2. The third-order valence-corrected chi connectivity index (χ3v) is 4.79. The van der Waals surface area contributed by atoms with Crippen LogP contribution < -0.4 is 10.6 Å². The van der Waals surface area contributed by atoms with Crippen molar-refractivity contribution in [1.29, 1.82) is 5.26 Å². The standard InChI is InChI=1S/C22H25ClN4O2/c1-3-12-27(16(2)22(29)26-18-7-5-4-6-8-18)13-11-21(28)25-19-10-9-17(15-24)20(23)14-19/h4-10,14,16H,3,11-13H2,1-2H3,(H,25,28)(H,26,29). The summed E-state index contributed by atoms with van der Waals surface area (Å²) >= 11 is 6.00. The van der Waals surface area contributed by atoms with Crippen molar-refractivity contribution >= 4 is 34.8 Å². The summed E-state index contributed by atoms with van der Waals surface area (Å²) in [7, 11) is 0. The lowest BCUT2D eigenvalue weighted by Crippen LogP contribution is -2.43. The number of carbonyl (C=O) groups is 2. The van der Waals surface area contributed by atoms with E-state index in [0.29, 0.717) is 29.4 Å². The number of halogens is 1. The Morgan fingerprint density at radius 2 is 1.83 bits per heavy atom. The minimum atomic E-state index is -0.368. The molecule has 0 aromatic heterocycles. The van der Waals surface area contributed by atoms with Crippen LogP contribution in [-0.4, -0.2) is 35.8 Å². The molecule has 0 fully saturated rings. The van der Waals surface area contributed by atoms with Gasteiger partial charge in [0.05, 0.1) is 16.6 Å². The van der Waals surface area contributed by atoms with Gasteiger partial charge in [-0.3, -0.25) is 14.5 Å². The number of benzene rings is 2. The summed E-state index contributed by atoms with van der Waals surface area (Å²) in [4.78, 5) is 26.9. The molecule has 0 aliphatic heterocycles. The van der Waals surface area contributed by atoms with E-state index in [2.05, 4.69) is 10.6 Å². The van der Waals surface area contributed by atoms with Gasteiger partial charge in [-0.1, -0.05) is 36.7 Å². The Hall–Kier alpha value is -2.88. The van der Waals surface area contributed by atoms with Gasteiger partial charge in [0, 0.05) is 24.3 Å². The second kappa shape index (κ2) is 11.2. The number of hydrogen-bond donors (Lipinski definition) is 2. The first-order valence-corrected chi connectivity index (χ1v) is 9.91. The topological polar surface area (TPSA) is 85.2 Å². The van der Waals surface area contributed by atoms with Crippen LogP contribution in [0.25, 0.3) is 0 Å². The van der Waals surface area contributed by atoms with Crippen LogP contribution in [-0.2, 0) is 9.59 Å². The molecule has 0 bridgehead atoms. The van der Waals surface area contributed by atoms with Crippen molar-refractivity contribution in [2.45, 2.75) is 32.7 Å². The van der Waals surface area contributed by atoms with E-state index in [0.717, 1.165) is 12.1 Å². The minimum Gasteiger partial charge on any atom is -0.326 e. The van der Waals surface area contributed by atoms with Crippen LogP contribution >= 0.6 is 11.6 Å². The quantitative estimate of drug-likeness (QED) is 0.643. The first-order valence-electron chi connectivity index (χ1n) is 9.54. The Balaban J connectivity index is 1.92. The van der Waals surface area contributed by atoms with Crippen molar-refractivity contribution in [2.75, 3.05) is 23.7 Å². The predicted octanol–water partition coefficient (Wildman–Crippen LogP) is 4.28. The van der Waals surface area contributed by atoms with Crippen LogP contribution in [0, 0.1) is 11.3 Å². The Morgan fingerprint density at radius 1 is 1.10 bits per heavy atom. The van der Waals surface area contributed by atoms with Crippen molar-refractivity contribution in [1.82, 2.24) is 4.90 Å². The summed E-state index contributed by atoms with van der Waals surface area (Å²) in [6.07, 6.45) is 1.11. The number of nitrogens with one attached hydrogen (secondary N) is 2. The molecule has 1 atom stereocenters. The molecule has 0 saturated heterocycles. The van der Waals surface area contributed by atoms with E-state index < -0.39 is 0 Å². The van der Waals surface area contributed by atoms with Crippen LogP contribution in [0.3, 0.4) is 0 Å². The molecule has 0 saturated carbocycles. The third kappa shape index (κ3) is 6.90. The zero-order chi connectivity index (χ0) is 21.2. The monoisotopic (exact) mass is 412 g/mol. The van der Waals surface area contributed by atoms with Crippen molar-refractivity contribution in [3.63, 3.8) is 0 Å². The molecule has 0 radical (unpaired) electrons. The van der Waals surface area contributed by atoms with E-state index in [9.17, 15) is 9.59 Å². The molecular formula is C22H25ClN4O2. The first kappa shape index (κ1) is 22.4. The highest BCUT2D eigenvalue weighted by molar-refractivity contribution is 6.32. The average Bonchev–Trinajstić information content (AvgIpc) is 2.71. The van der Waals surface area contributed by atoms with Crippen LogP contribution in [0.2, 0.25) is 5.02 Å². The van der Waals surface area contributed by atoms with Gasteiger partial charge in [0.1, 0.15) is 6.07 Å². The molecule has 1 unspecified atom stereocenters. The zero-order valence-electron chi connectivity index (χ0n) is 16.6. The first-order chi connectivity index (χ1) is 13.9. The maximum atomic E-state index is 12.6. The highest BCUT2D eigenvalue weighted by Crippen LogP contribution is 2.20. The summed E-state index contributed by atoms with van der Waals surface area (Å²) in [5, 5.41) is 14.9. The number of amides is 2. The number of anilines is 2. The second-order valence-corrected chi connectivity index (χ2v) is 7.08. The zero-order valence-corrected chi connectivity index (χ0v) is 17.4. The predicted molar refractivity (Wildman–Crippen MR) is 116 cm³/mol. The minimum absolute atomic E-state index is 0.107. The van der Waals surface area contributed by atoms with E-state index in [4.69, 9.17) is 16.9 Å². The average molecular weight is 413 g/mol. The molecule has 2 aromatic carbocycles. The molecular weight excluding hydrogens is 388 g/mol. The van der Waals surface area contributed by atoms with Gasteiger partial charge in [0.2, 0.25) is 11.8 Å². The molecule has 2 N–H and O–H groups in total. The van der Waals surface area contributed by atoms with Crippen LogP contribution in [0.4, 0.5) is 11.4 Å². The van der Waals surface area contributed by atoms with E-state index in [1.807, 2.05) is 55.1 Å². The van der Waals surface area contributed by atoms with Gasteiger partial charge in [0.15, 0.2) is 0 Å². The number of para-hydroxylation sites is 1. The smallest absolute Gasteiger partial charge is 0.241 e. The van der Waals surface area contributed by atoms with Gasteiger partial charge in [-0.25, -0.2) is 0 Å². The Labute approximate surface area is 176 Å². The van der Waals surface area contributed by atoms with Gasteiger partial charge in [0.25, 0.3) is 0 Å². The number of nitriles is 1. The maximum absolute atomic E-state index is 12.6. The largest absolute Gasteiger partial charge is 0.326 e. The summed E-state index contributed by atoms with van der Waals surface area (Å²) < 4.78 is 0. The van der Waals surface area contributed by atoms with Gasteiger partial charge in [-0.05, 0) is 50.2 Å². The van der Waals surface area contributed by atoms with Crippen LogP contribution in [0.1, 0.15) is 32.3 Å². The Bertz CT molecular complexity index is 880. The molecule has 0 aliphatic carbocycles. The highest BCUT2D eigenvalue weighted by atomic mass is 35.5. The van der Waals surface area contributed by atoms with E-state index >= 15 is 0 Å². The second-order valence-electron chi connectivity index (χ2n) is 6.67. The summed E-state index contributed by atoms with van der Waals surface area (Å²) in [6, 6.07) is 15.7. The van der Waals surface area contributed by atoms with Crippen molar-refractivity contribution < 1.29 is 9.59 Å². The van der Waals surface area contributed by atoms with Gasteiger partial charge < -0.3 is 10.6 Å². The Morgan fingerprint density at radius 3 is 2.45 bits per heavy atom. The van der Waals surface area contributed by atoms with Crippen molar-refractivity contribution in [3.05, 3.63) is 59.1 Å². The van der Waals surface area contributed by atoms with Crippen molar-refractivity contribution in [2.24, 2.45) is 0 Å². The molecule has 29 heavy (non-hydrogen) atoms. The molecule has 6 nitrogen and oxygen atoms in total. The number of hydrogen-bond acceptors (Lipinski definition) is 4. The lowest BCUT2D eigenvalue weighted by molar-refractivity contribution is -0.122. The summed E-state index contributed by atoms with van der Waals surface area (Å²) in [6.45, 7) is 5.03. The molecule has 7 heteroatoms. The van der Waals surface area contributed by atoms with Gasteiger partial charge in [-0.15, -0.1) is 0 Å². The van der Waals surface area contributed by atoms with E-state index in [-0.39, 0.29) is 24.3 Å². The Kier molecular flexibility index (Phi) is 8.66. The van der Waals surface area contributed by atoms with Crippen LogP contribution in [0.15, 0.2) is 48.5 Å². The highest BCUT2D eigenvalue weighted by Gasteiger charge is 2.21. The lowest BCUT2D eigenvalue weighted by Gasteiger charge is -2.27. The molecule has 0 heterocycles. The third-order valence-electron chi connectivity index (χ3n) is 4.48. The summed E-state index contributed by atoms with van der Waals surface area (Å²) in [5.74, 6) is -0.286. The molecule has 2 aromatic rings. The van der Waals surface area contributed by atoms with E-state index in [1.165, 1.54) is 0 Å². The van der Waals surface area contributed by atoms with Crippen molar-refractivity contribution in [3.8, 4) is 6.07 Å². The fourth-order valence-corrected chi connectivity index (χ4v) is 3.10. The molecule has 2 amide bonds. The van der Waals surface area contributed by atoms with Gasteiger partial charge in [-0.2, -0.15) is 5.26 Å². The van der Waals surface area contributed by atoms with Crippen LogP contribution in [0.5, 0.6) is 0 Å². The molecule has 0 aliphatic rings. The fraction of sp³-hybridized carbons (Fsp3) is 0.318. The van der Waals surface area contributed by atoms with Gasteiger partial charge >= 0.3 is 0 Å². The van der Waals surface area contributed by atoms with E-state index in [1.54, 1.807) is 18.2 Å². The maximum Gasteiger partial charge on any atom is 0.241 e. The fourth-order valence-electron chi connectivity index (χ4n) is 2.87.